The largest absolute Gasteiger partial charge is 0.507 e. The normalized spacial score (nSPS) is 11.1. The van der Waals surface area contributed by atoms with Gasteiger partial charge in [-0.15, -0.1) is 0 Å². The summed E-state index contributed by atoms with van der Waals surface area (Å²) in [6.07, 6.45) is 4.20. The number of aryl methyl sites for hydroxylation is 6. The minimum Gasteiger partial charge on any atom is -0.507 e. The van der Waals surface area contributed by atoms with Gasteiger partial charge in [-0.3, -0.25) is 0 Å². The fourth-order valence-electron chi connectivity index (χ4n) is 7.58. The third kappa shape index (κ3) is 7.83. The lowest BCUT2D eigenvalue weighted by Crippen LogP contribution is -2.06. The third-order valence-electron chi connectivity index (χ3n) is 10.2. The van der Waals surface area contributed by atoms with E-state index in [9.17, 15) is 10.2 Å². The maximum absolute atomic E-state index is 11.8. The topological polar surface area (TPSA) is 58.9 Å². The summed E-state index contributed by atoms with van der Waals surface area (Å²) in [4.78, 5) is 0. The first-order chi connectivity index (χ1) is 25.8. The molecule has 0 atom stereocenters. The van der Waals surface area contributed by atoms with E-state index in [0.717, 1.165) is 92.8 Å². The van der Waals surface area contributed by atoms with E-state index in [-0.39, 0.29) is 11.5 Å². The van der Waals surface area contributed by atoms with Crippen molar-refractivity contribution >= 4 is 0 Å². The molecular formula is C49H52O4. The second kappa shape index (κ2) is 16.9. The molecule has 0 aliphatic rings. The van der Waals surface area contributed by atoms with Crippen LogP contribution in [0.5, 0.6) is 23.0 Å². The fraction of sp³-hybridized carbons (Fsp3) is 0.265. The van der Waals surface area contributed by atoms with Gasteiger partial charge in [-0.25, -0.2) is 0 Å². The molecule has 0 saturated heterocycles. The van der Waals surface area contributed by atoms with E-state index in [1.165, 1.54) is 22.3 Å². The van der Waals surface area contributed by atoms with Gasteiger partial charge in [-0.05, 0) is 120 Å². The quantitative estimate of drug-likeness (QED) is 0.111. The predicted octanol–water partition coefficient (Wildman–Crippen LogP) is 12.5. The summed E-state index contributed by atoms with van der Waals surface area (Å²) < 4.78 is 12.8. The number of phenols is 2. The van der Waals surface area contributed by atoms with E-state index in [4.69, 9.17) is 9.47 Å². The number of para-hydroxylation sites is 2. The molecular weight excluding hydrogens is 653 g/mol. The van der Waals surface area contributed by atoms with Gasteiger partial charge in [-0.2, -0.15) is 0 Å². The SMILES string of the molecule is CCc1cccc(CC)c1-c1cc(C)cc(-c2ccccc2OCCCOc2ccccc2-c2cc(C)cc(-c3c(CC)cccc3CC)c2O)c1O. The molecule has 6 rings (SSSR count). The van der Waals surface area contributed by atoms with E-state index in [0.29, 0.717) is 19.6 Å². The lowest BCUT2D eigenvalue weighted by Gasteiger charge is -2.19. The van der Waals surface area contributed by atoms with Crippen molar-refractivity contribution in [3.05, 3.63) is 143 Å². The molecule has 0 radical (unpaired) electrons. The molecule has 0 aliphatic carbocycles. The molecule has 6 aromatic rings. The minimum atomic E-state index is 0.272. The summed E-state index contributed by atoms with van der Waals surface area (Å²) in [7, 11) is 0. The van der Waals surface area contributed by atoms with Gasteiger partial charge < -0.3 is 19.7 Å². The summed E-state index contributed by atoms with van der Waals surface area (Å²) in [5.74, 6) is 1.98. The number of ether oxygens (including phenoxy) is 2. The third-order valence-corrected chi connectivity index (χ3v) is 10.2. The molecule has 4 heteroatoms. The minimum absolute atomic E-state index is 0.272. The van der Waals surface area contributed by atoms with Gasteiger partial charge in [-0.1, -0.05) is 100 Å². The molecule has 0 aromatic heterocycles. The van der Waals surface area contributed by atoms with Gasteiger partial charge >= 0.3 is 0 Å². The Bertz CT molecular complexity index is 2010. The highest BCUT2D eigenvalue weighted by atomic mass is 16.5. The van der Waals surface area contributed by atoms with Gasteiger partial charge in [0, 0.05) is 39.8 Å². The zero-order valence-electron chi connectivity index (χ0n) is 32.1. The first kappa shape index (κ1) is 37.3. The van der Waals surface area contributed by atoms with Gasteiger partial charge in [0.25, 0.3) is 0 Å². The van der Waals surface area contributed by atoms with Crippen molar-refractivity contribution in [3.63, 3.8) is 0 Å². The summed E-state index contributed by atoms with van der Waals surface area (Å²) in [5.41, 5.74) is 14.3. The number of hydrogen-bond donors (Lipinski definition) is 2. The Labute approximate surface area is 315 Å². The molecule has 0 fully saturated rings. The Morgan fingerprint density at radius 1 is 0.415 bits per heavy atom. The molecule has 0 heterocycles. The Hall–Kier alpha value is -5.48. The molecule has 6 aromatic carbocycles. The van der Waals surface area contributed by atoms with Crippen LogP contribution in [0.4, 0.5) is 0 Å². The molecule has 2 N–H and O–H groups in total. The second-order valence-electron chi connectivity index (χ2n) is 13.8. The van der Waals surface area contributed by atoms with Crippen molar-refractivity contribution in [1.29, 1.82) is 0 Å². The van der Waals surface area contributed by atoms with Crippen LogP contribution in [-0.4, -0.2) is 23.4 Å². The first-order valence-electron chi connectivity index (χ1n) is 19.1. The number of benzene rings is 6. The van der Waals surface area contributed by atoms with E-state index < -0.39 is 0 Å². The number of phenolic OH excluding ortho intramolecular Hbond substituents is 2. The second-order valence-corrected chi connectivity index (χ2v) is 13.8. The standard InChI is InChI=1S/C49H52O4/c1-7-34-18-15-19-35(8-2)46(34)42-30-32(5)28-40(48(42)50)38-22-11-13-24-44(38)52-26-17-27-53-45-25-14-12-23-39(45)41-29-33(6)31-43(49(41)51)47-36(9-3)20-16-21-37(47)10-4/h11-16,18-25,28-31,50-51H,7-10,17,26-27H2,1-6H3. The molecule has 0 aliphatic heterocycles. The van der Waals surface area contributed by atoms with Crippen molar-refractivity contribution in [3.8, 4) is 67.5 Å². The zero-order valence-corrected chi connectivity index (χ0v) is 32.1. The Morgan fingerprint density at radius 3 is 1.11 bits per heavy atom. The Morgan fingerprint density at radius 2 is 0.755 bits per heavy atom. The van der Waals surface area contributed by atoms with Crippen LogP contribution < -0.4 is 9.47 Å². The van der Waals surface area contributed by atoms with Gasteiger partial charge in [0.2, 0.25) is 0 Å². The Balaban J connectivity index is 1.21. The molecule has 4 nitrogen and oxygen atoms in total. The van der Waals surface area contributed by atoms with Crippen molar-refractivity contribution < 1.29 is 19.7 Å². The van der Waals surface area contributed by atoms with Crippen LogP contribution >= 0.6 is 0 Å². The van der Waals surface area contributed by atoms with Crippen LogP contribution in [0.1, 0.15) is 67.5 Å². The number of hydrogen-bond acceptors (Lipinski definition) is 4. The molecule has 272 valence electrons. The van der Waals surface area contributed by atoms with Gasteiger partial charge in [0.15, 0.2) is 0 Å². The van der Waals surface area contributed by atoms with Crippen molar-refractivity contribution in [1.82, 2.24) is 0 Å². The molecule has 0 bridgehead atoms. The Kier molecular flexibility index (Phi) is 11.9. The van der Waals surface area contributed by atoms with Crippen LogP contribution in [0.3, 0.4) is 0 Å². The molecule has 0 saturated carbocycles. The van der Waals surface area contributed by atoms with E-state index >= 15 is 0 Å². The molecule has 53 heavy (non-hydrogen) atoms. The lowest BCUT2D eigenvalue weighted by molar-refractivity contribution is 0.248. The average molecular weight is 705 g/mol. The first-order valence-corrected chi connectivity index (χ1v) is 19.1. The number of aromatic hydroxyl groups is 2. The van der Waals surface area contributed by atoms with E-state index in [1.54, 1.807) is 0 Å². The van der Waals surface area contributed by atoms with Crippen LogP contribution in [0.25, 0.3) is 44.5 Å². The van der Waals surface area contributed by atoms with Gasteiger partial charge in [0.05, 0.1) is 13.2 Å². The zero-order chi connectivity index (χ0) is 37.5. The highest BCUT2D eigenvalue weighted by Crippen LogP contribution is 2.46. The van der Waals surface area contributed by atoms with Crippen molar-refractivity contribution in [2.75, 3.05) is 13.2 Å². The highest BCUT2D eigenvalue weighted by molar-refractivity contribution is 5.88. The van der Waals surface area contributed by atoms with Gasteiger partial charge in [0.1, 0.15) is 23.0 Å². The monoisotopic (exact) mass is 704 g/mol. The van der Waals surface area contributed by atoms with Crippen LogP contribution in [-0.2, 0) is 25.7 Å². The number of rotatable bonds is 14. The summed E-state index contributed by atoms with van der Waals surface area (Å²) in [6, 6.07) is 36.9. The van der Waals surface area contributed by atoms with Crippen molar-refractivity contribution in [2.24, 2.45) is 0 Å². The maximum Gasteiger partial charge on any atom is 0.131 e. The summed E-state index contributed by atoms with van der Waals surface area (Å²) in [5, 5.41) is 23.6. The lowest BCUT2D eigenvalue weighted by atomic mass is 9.88. The highest BCUT2D eigenvalue weighted by Gasteiger charge is 2.21. The van der Waals surface area contributed by atoms with Crippen molar-refractivity contribution in [2.45, 2.75) is 73.6 Å². The summed E-state index contributed by atoms with van der Waals surface area (Å²) in [6.45, 7) is 13.7. The maximum atomic E-state index is 11.8. The molecule has 0 unspecified atom stereocenters. The van der Waals surface area contributed by atoms with Crippen LogP contribution in [0, 0.1) is 13.8 Å². The van der Waals surface area contributed by atoms with E-state index in [2.05, 4.69) is 90.1 Å². The predicted molar refractivity (Wildman–Crippen MR) is 221 cm³/mol. The smallest absolute Gasteiger partial charge is 0.131 e. The van der Waals surface area contributed by atoms with Crippen LogP contribution in [0.2, 0.25) is 0 Å². The average Bonchev–Trinajstić information content (AvgIpc) is 3.19. The molecule has 0 amide bonds. The molecule has 0 spiro atoms. The fourth-order valence-corrected chi connectivity index (χ4v) is 7.58. The summed E-state index contributed by atoms with van der Waals surface area (Å²) >= 11 is 0. The van der Waals surface area contributed by atoms with E-state index in [1.807, 2.05) is 60.7 Å². The van der Waals surface area contributed by atoms with Crippen LogP contribution in [0.15, 0.2) is 109 Å².